The molecular formula is C18H29ClN2O. The number of benzene rings is 1. The summed E-state index contributed by atoms with van der Waals surface area (Å²) in [6.45, 7) is 4.95. The Hall–Kier alpha value is -1.06. The zero-order chi connectivity index (χ0) is 15.2. The molecule has 1 aromatic carbocycles. The van der Waals surface area contributed by atoms with E-state index in [0.717, 1.165) is 19.3 Å². The third-order valence-corrected chi connectivity index (χ3v) is 4.76. The van der Waals surface area contributed by atoms with E-state index in [9.17, 15) is 4.79 Å². The van der Waals surface area contributed by atoms with Crippen LogP contribution in [0.2, 0.25) is 0 Å². The van der Waals surface area contributed by atoms with Crippen LogP contribution < -0.4 is 11.1 Å². The first-order valence-electron chi connectivity index (χ1n) is 8.22. The van der Waals surface area contributed by atoms with Crippen molar-refractivity contribution in [1.29, 1.82) is 0 Å². The van der Waals surface area contributed by atoms with Crippen molar-refractivity contribution in [3.8, 4) is 0 Å². The van der Waals surface area contributed by atoms with Crippen LogP contribution in [0.15, 0.2) is 24.3 Å². The minimum atomic E-state index is 0. The molecule has 0 spiro atoms. The lowest BCUT2D eigenvalue weighted by Crippen LogP contribution is -2.40. The molecule has 0 bridgehead atoms. The molecular weight excluding hydrogens is 296 g/mol. The van der Waals surface area contributed by atoms with Gasteiger partial charge in [0.15, 0.2) is 0 Å². The topological polar surface area (TPSA) is 55.1 Å². The van der Waals surface area contributed by atoms with E-state index in [1.54, 1.807) is 0 Å². The molecule has 1 aliphatic carbocycles. The number of amides is 1. The first kappa shape index (κ1) is 19.0. The molecule has 22 heavy (non-hydrogen) atoms. The van der Waals surface area contributed by atoms with E-state index in [0.29, 0.717) is 18.9 Å². The summed E-state index contributed by atoms with van der Waals surface area (Å²) < 4.78 is 0. The van der Waals surface area contributed by atoms with Crippen molar-refractivity contribution >= 4 is 18.3 Å². The minimum Gasteiger partial charge on any atom is -0.353 e. The Morgan fingerprint density at radius 2 is 2.00 bits per heavy atom. The SMILES string of the molecule is CCc1ccc(C(C)CC(=O)NC2CCCC2CN)cc1.Cl. The van der Waals surface area contributed by atoms with Crippen molar-refractivity contribution in [2.24, 2.45) is 11.7 Å². The number of nitrogens with two attached hydrogens (primary N) is 1. The van der Waals surface area contributed by atoms with Crippen molar-refractivity contribution in [2.75, 3.05) is 6.54 Å². The van der Waals surface area contributed by atoms with Crippen LogP contribution in [0.5, 0.6) is 0 Å². The van der Waals surface area contributed by atoms with Gasteiger partial charge in [-0.3, -0.25) is 4.79 Å². The average Bonchev–Trinajstić information content (AvgIpc) is 2.94. The van der Waals surface area contributed by atoms with Crippen molar-refractivity contribution in [3.63, 3.8) is 0 Å². The largest absolute Gasteiger partial charge is 0.353 e. The van der Waals surface area contributed by atoms with Gasteiger partial charge < -0.3 is 11.1 Å². The number of nitrogens with one attached hydrogen (secondary N) is 1. The van der Waals surface area contributed by atoms with Crippen molar-refractivity contribution in [2.45, 2.75) is 57.9 Å². The molecule has 4 heteroatoms. The number of carbonyl (C=O) groups excluding carboxylic acids is 1. The summed E-state index contributed by atoms with van der Waals surface area (Å²) in [4.78, 5) is 12.2. The molecule has 1 aliphatic rings. The number of hydrogen-bond acceptors (Lipinski definition) is 2. The molecule has 3 N–H and O–H groups in total. The van der Waals surface area contributed by atoms with E-state index in [1.165, 1.54) is 17.5 Å². The van der Waals surface area contributed by atoms with Gasteiger partial charge in [0.25, 0.3) is 0 Å². The predicted molar refractivity (Wildman–Crippen MR) is 94.4 cm³/mol. The molecule has 2 rings (SSSR count). The number of rotatable bonds is 6. The summed E-state index contributed by atoms with van der Waals surface area (Å²) >= 11 is 0. The fraction of sp³-hybridized carbons (Fsp3) is 0.611. The first-order chi connectivity index (χ1) is 10.1. The lowest BCUT2D eigenvalue weighted by Gasteiger charge is -2.21. The Labute approximate surface area is 140 Å². The second-order valence-corrected chi connectivity index (χ2v) is 6.30. The van der Waals surface area contributed by atoms with Gasteiger partial charge in [0.05, 0.1) is 0 Å². The van der Waals surface area contributed by atoms with Gasteiger partial charge in [0.2, 0.25) is 5.91 Å². The highest BCUT2D eigenvalue weighted by Crippen LogP contribution is 2.25. The van der Waals surface area contributed by atoms with E-state index in [1.807, 2.05) is 0 Å². The molecule has 0 aromatic heterocycles. The molecule has 1 saturated carbocycles. The van der Waals surface area contributed by atoms with Crippen LogP contribution in [0.4, 0.5) is 0 Å². The van der Waals surface area contributed by atoms with Gasteiger partial charge >= 0.3 is 0 Å². The molecule has 1 amide bonds. The third kappa shape index (κ3) is 4.99. The van der Waals surface area contributed by atoms with Gasteiger partial charge in [0, 0.05) is 12.5 Å². The Morgan fingerprint density at radius 1 is 1.32 bits per heavy atom. The maximum absolute atomic E-state index is 12.2. The van der Waals surface area contributed by atoms with E-state index in [-0.39, 0.29) is 30.3 Å². The van der Waals surface area contributed by atoms with Gasteiger partial charge in [-0.05, 0) is 48.8 Å². The zero-order valence-electron chi connectivity index (χ0n) is 13.7. The minimum absolute atomic E-state index is 0. The molecule has 3 unspecified atom stereocenters. The monoisotopic (exact) mass is 324 g/mol. The van der Waals surface area contributed by atoms with E-state index in [4.69, 9.17) is 5.73 Å². The number of aryl methyl sites for hydroxylation is 1. The second kappa shape index (κ2) is 9.16. The maximum atomic E-state index is 12.2. The Morgan fingerprint density at radius 3 is 2.59 bits per heavy atom. The molecule has 0 heterocycles. The predicted octanol–water partition coefficient (Wildman–Crippen LogP) is 3.41. The lowest BCUT2D eigenvalue weighted by molar-refractivity contribution is -0.122. The Bertz CT molecular complexity index is 461. The summed E-state index contributed by atoms with van der Waals surface area (Å²) in [5.74, 6) is 0.883. The fourth-order valence-electron chi connectivity index (χ4n) is 3.25. The van der Waals surface area contributed by atoms with Crippen LogP contribution in [0.1, 0.15) is 56.6 Å². The van der Waals surface area contributed by atoms with Crippen LogP contribution in [0, 0.1) is 5.92 Å². The second-order valence-electron chi connectivity index (χ2n) is 6.30. The third-order valence-electron chi connectivity index (χ3n) is 4.76. The molecule has 0 radical (unpaired) electrons. The highest BCUT2D eigenvalue weighted by Gasteiger charge is 2.27. The van der Waals surface area contributed by atoms with Crippen molar-refractivity contribution in [3.05, 3.63) is 35.4 Å². The van der Waals surface area contributed by atoms with Crippen LogP contribution in [-0.4, -0.2) is 18.5 Å². The molecule has 1 fully saturated rings. The van der Waals surface area contributed by atoms with Gasteiger partial charge in [-0.1, -0.05) is 44.5 Å². The zero-order valence-corrected chi connectivity index (χ0v) is 14.5. The number of carbonyl (C=O) groups is 1. The summed E-state index contributed by atoms with van der Waals surface area (Å²) in [6.07, 6.45) is 5.01. The van der Waals surface area contributed by atoms with Gasteiger partial charge in [-0.15, -0.1) is 12.4 Å². The lowest BCUT2D eigenvalue weighted by atomic mass is 9.95. The van der Waals surface area contributed by atoms with Gasteiger partial charge in [-0.25, -0.2) is 0 Å². The smallest absolute Gasteiger partial charge is 0.220 e. The highest BCUT2D eigenvalue weighted by molar-refractivity contribution is 5.85. The normalized spacial score (nSPS) is 22.0. The van der Waals surface area contributed by atoms with Gasteiger partial charge in [0.1, 0.15) is 0 Å². The van der Waals surface area contributed by atoms with Crippen molar-refractivity contribution < 1.29 is 4.79 Å². The molecule has 0 aliphatic heterocycles. The summed E-state index contributed by atoms with van der Waals surface area (Å²) in [5.41, 5.74) is 8.35. The fourth-order valence-corrected chi connectivity index (χ4v) is 3.25. The maximum Gasteiger partial charge on any atom is 0.220 e. The number of halogens is 1. The van der Waals surface area contributed by atoms with Crippen LogP contribution in [0.25, 0.3) is 0 Å². The van der Waals surface area contributed by atoms with E-state index < -0.39 is 0 Å². The number of hydrogen-bond donors (Lipinski definition) is 2. The average molecular weight is 325 g/mol. The quantitative estimate of drug-likeness (QED) is 0.842. The van der Waals surface area contributed by atoms with Gasteiger partial charge in [-0.2, -0.15) is 0 Å². The summed E-state index contributed by atoms with van der Waals surface area (Å²) in [7, 11) is 0. The summed E-state index contributed by atoms with van der Waals surface area (Å²) in [5, 5.41) is 3.18. The molecule has 3 atom stereocenters. The van der Waals surface area contributed by atoms with E-state index >= 15 is 0 Å². The molecule has 1 aromatic rings. The standard InChI is InChI=1S/C18H28N2O.ClH/c1-3-14-7-9-15(10-8-14)13(2)11-18(21)20-17-6-4-5-16(17)12-19;/h7-10,13,16-17H,3-6,11-12,19H2,1-2H3,(H,20,21);1H. The Kier molecular flexibility index (Phi) is 7.91. The highest BCUT2D eigenvalue weighted by atomic mass is 35.5. The van der Waals surface area contributed by atoms with Crippen LogP contribution in [-0.2, 0) is 11.2 Å². The Balaban J connectivity index is 0.00000242. The summed E-state index contributed by atoms with van der Waals surface area (Å²) in [6, 6.07) is 8.90. The van der Waals surface area contributed by atoms with Crippen LogP contribution >= 0.6 is 12.4 Å². The van der Waals surface area contributed by atoms with E-state index in [2.05, 4.69) is 43.4 Å². The molecule has 0 saturated heterocycles. The molecule has 124 valence electrons. The van der Waals surface area contributed by atoms with Crippen molar-refractivity contribution in [1.82, 2.24) is 5.32 Å². The first-order valence-corrected chi connectivity index (χ1v) is 8.22. The molecule has 3 nitrogen and oxygen atoms in total. The van der Waals surface area contributed by atoms with Crippen LogP contribution in [0.3, 0.4) is 0 Å².